The highest BCUT2D eigenvalue weighted by atomic mass is 35.5. The maximum Gasteiger partial charge on any atom is 0.258 e. The second-order valence-corrected chi connectivity index (χ2v) is 8.89. The van der Waals surface area contributed by atoms with Crippen LogP contribution in [0.4, 0.5) is 5.13 Å². The number of amidine groups is 1. The van der Waals surface area contributed by atoms with Gasteiger partial charge in [0, 0.05) is 28.7 Å². The number of thiazole rings is 1. The zero-order valence-corrected chi connectivity index (χ0v) is 16.2. The summed E-state index contributed by atoms with van der Waals surface area (Å²) in [6, 6.07) is 7.29. The number of anilines is 1. The largest absolute Gasteiger partial charge is 0.330 e. The summed E-state index contributed by atoms with van der Waals surface area (Å²) in [5.41, 5.74) is 2.05. The van der Waals surface area contributed by atoms with Gasteiger partial charge in [-0.2, -0.15) is 0 Å². The van der Waals surface area contributed by atoms with Crippen LogP contribution in [-0.4, -0.2) is 42.3 Å². The Morgan fingerprint density at radius 3 is 2.78 bits per heavy atom. The number of hydrogen-bond acceptors (Lipinski definition) is 6. The molecule has 0 atom stereocenters. The molecule has 2 aromatic rings. The topological polar surface area (TPSA) is 91.7 Å². The zero-order valence-electron chi connectivity index (χ0n) is 13.8. The Bertz CT molecular complexity index is 1100. The van der Waals surface area contributed by atoms with Crippen molar-refractivity contribution < 1.29 is 13.2 Å². The van der Waals surface area contributed by atoms with Crippen LogP contribution in [0.3, 0.4) is 0 Å². The molecule has 0 unspecified atom stereocenters. The number of amides is 1. The van der Waals surface area contributed by atoms with Gasteiger partial charge in [0.1, 0.15) is 5.84 Å². The molecule has 1 amide bonds. The number of nitrogens with one attached hydrogen (secondary N) is 1. The fourth-order valence-electron chi connectivity index (χ4n) is 2.59. The monoisotopic (exact) mass is 420 g/mol. The van der Waals surface area contributed by atoms with Crippen molar-refractivity contribution in [3.63, 3.8) is 0 Å². The van der Waals surface area contributed by atoms with E-state index in [0.29, 0.717) is 21.6 Å². The summed E-state index contributed by atoms with van der Waals surface area (Å²) in [4.78, 5) is 18.6. The first kappa shape index (κ1) is 17.9. The van der Waals surface area contributed by atoms with Crippen molar-refractivity contribution in [2.75, 3.05) is 17.6 Å². The van der Waals surface area contributed by atoms with E-state index in [2.05, 4.69) is 14.7 Å². The third kappa shape index (κ3) is 3.95. The molecule has 27 heavy (non-hydrogen) atoms. The Labute approximate surface area is 164 Å². The summed E-state index contributed by atoms with van der Waals surface area (Å²) in [6.45, 7) is 0.264. The molecule has 0 aliphatic carbocycles. The van der Waals surface area contributed by atoms with Crippen LogP contribution in [0.2, 0.25) is 5.02 Å². The second kappa shape index (κ2) is 6.91. The summed E-state index contributed by atoms with van der Waals surface area (Å²) in [5.74, 6) is -0.0834. The molecular formula is C17H13ClN4O3S2. The zero-order chi connectivity index (χ0) is 19.0. The van der Waals surface area contributed by atoms with Gasteiger partial charge in [-0.3, -0.25) is 10.1 Å². The van der Waals surface area contributed by atoms with E-state index in [1.165, 1.54) is 17.4 Å². The quantitative estimate of drug-likeness (QED) is 0.824. The van der Waals surface area contributed by atoms with E-state index >= 15 is 0 Å². The first-order valence-corrected chi connectivity index (χ1v) is 10.8. The third-order valence-electron chi connectivity index (χ3n) is 3.95. The van der Waals surface area contributed by atoms with Gasteiger partial charge in [0.15, 0.2) is 5.13 Å². The maximum absolute atomic E-state index is 12.5. The number of benzene rings is 1. The SMILES string of the molecule is O=C(Nc1nc(-c2ccc(Cl)cc2)cs1)C1=CN2CCS(=O)(=O)N=C2C=C1. The summed E-state index contributed by atoms with van der Waals surface area (Å²) in [5, 5.41) is 5.73. The molecule has 0 bridgehead atoms. The number of hydrogen-bond donors (Lipinski definition) is 1. The molecule has 0 saturated carbocycles. The number of carbonyl (C=O) groups is 1. The number of aromatic nitrogens is 1. The average Bonchev–Trinajstić information content (AvgIpc) is 3.09. The highest BCUT2D eigenvalue weighted by molar-refractivity contribution is 7.90. The predicted octanol–water partition coefficient (Wildman–Crippen LogP) is 2.90. The smallest absolute Gasteiger partial charge is 0.258 e. The van der Waals surface area contributed by atoms with Crippen LogP contribution in [0.5, 0.6) is 0 Å². The van der Waals surface area contributed by atoms with Crippen molar-refractivity contribution in [1.82, 2.24) is 9.88 Å². The summed E-state index contributed by atoms with van der Waals surface area (Å²) >= 11 is 7.21. The van der Waals surface area contributed by atoms with Gasteiger partial charge >= 0.3 is 0 Å². The molecule has 0 saturated heterocycles. The number of rotatable bonds is 3. The lowest BCUT2D eigenvalue weighted by Gasteiger charge is -2.26. The number of sulfonamides is 1. The molecule has 1 aromatic heterocycles. The van der Waals surface area contributed by atoms with Crippen LogP contribution in [0.1, 0.15) is 0 Å². The summed E-state index contributed by atoms with van der Waals surface area (Å²) < 4.78 is 26.8. The molecule has 0 fully saturated rings. The van der Waals surface area contributed by atoms with E-state index in [1.807, 2.05) is 17.5 Å². The van der Waals surface area contributed by atoms with Crippen molar-refractivity contribution in [3.05, 3.63) is 58.6 Å². The third-order valence-corrected chi connectivity index (χ3v) is 6.12. The fraction of sp³-hybridized carbons (Fsp3) is 0.118. The predicted molar refractivity (Wildman–Crippen MR) is 106 cm³/mol. The standard InChI is InChI=1S/C17H13ClN4O3S2/c18-13-4-1-11(2-5-13)14-10-26-17(19-14)20-16(23)12-3-6-15-21-27(24,25)8-7-22(15)9-12/h1-6,9-10H,7-8H2,(H,19,20,23). The van der Waals surface area contributed by atoms with Gasteiger partial charge in [-0.1, -0.05) is 23.7 Å². The molecule has 138 valence electrons. The molecule has 2 aliphatic heterocycles. The van der Waals surface area contributed by atoms with Gasteiger partial charge in [-0.15, -0.1) is 15.7 Å². The number of nitrogens with zero attached hydrogens (tertiary/aromatic N) is 3. The molecular weight excluding hydrogens is 408 g/mol. The van der Waals surface area contributed by atoms with Crippen molar-refractivity contribution in [2.45, 2.75) is 0 Å². The van der Waals surface area contributed by atoms with Crippen LogP contribution in [0, 0.1) is 0 Å². The van der Waals surface area contributed by atoms with Crippen molar-refractivity contribution in [3.8, 4) is 11.3 Å². The Hall–Kier alpha value is -2.49. The fourth-order valence-corrected chi connectivity index (χ4v) is 4.40. The van der Waals surface area contributed by atoms with Gasteiger partial charge < -0.3 is 4.90 Å². The molecule has 1 aromatic carbocycles. The number of carbonyl (C=O) groups excluding carboxylic acids is 1. The highest BCUT2D eigenvalue weighted by Gasteiger charge is 2.25. The Balaban J connectivity index is 1.48. The van der Waals surface area contributed by atoms with E-state index in [1.54, 1.807) is 29.3 Å². The van der Waals surface area contributed by atoms with Crippen LogP contribution in [0.25, 0.3) is 11.3 Å². The molecule has 4 rings (SSSR count). The number of halogens is 1. The van der Waals surface area contributed by atoms with Crippen LogP contribution in [0.15, 0.2) is 58.0 Å². The minimum absolute atomic E-state index is 0.0767. The minimum atomic E-state index is -3.42. The summed E-state index contributed by atoms with van der Waals surface area (Å²) in [7, 11) is -3.42. The van der Waals surface area contributed by atoms with Gasteiger partial charge in [0.2, 0.25) is 0 Å². The molecule has 7 nitrogen and oxygen atoms in total. The molecule has 0 spiro atoms. The number of fused-ring (bicyclic) bond motifs is 1. The molecule has 1 N–H and O–H groups in total. The lowest BCUT2D eigenvalue weighted by molar-refractivity contribution is -0.112. The van der Waals surface area contributed by atoms with E-state index in [4.69, 9.17) is 11.6 Å². The Morgan fingerprint density at radius 2 is 2.00 bits per heavy atom. The normalized spacial score (nSPS) is 17.7. The van der Waals surface area contributed by atoms with Gasteiger partial charge in [0.25, 0.3) is 15.9 Å². The molecule has 0 radical (unpaired) electrons. The van der Waals surface area contributed by atoms with E-state index in [0.717, 1.165) is 11.3 Å². The first-order chi connectivity index (χ1) is 12.9. The van der Waals surface area contributed by atoms with Gasteiger partial charge in [-0.05, 0) is 24.3 Å². The van der Waals surface area contributed by atoms with Gasteiger partial charge in [-0.25, -0.2) is 13.4 Å². The van der Waals surface area contributed by atoms with Crippen LogP contribution < -0.4 is 5.32 Å². The molecule has 3 heterocycles. The maximum atomic E-state index is 12.5. The highest BCUT2D eigenvalue weighted by Crippen LogP contribution is 2.26. The summed E-state index contributed by atoms with van der Waals surface area (Å²) in [6.07, 6.45) is 4.66. The van der Waals surface area contributed by atoms with Crippen molar-refractivity contribution in [1.29, 1.82) is 0 Å². The minimum Gasteiger partial charge on any atom is -0.330 e. The van der Waals surface area contributed by atoms with Gasteiger partial charge in [0.05, 0.1) is 17.0 Å². The Kier molecular flexibility index (Phi) is 4.58. The van der Waals surface area contributed by atoms with E-state index < -0.39 is 10.0 Å². The van der Waals surface area contributed by atoms with Crippen LogP contribution in [-0.2, 0) is 14.8 Å². The van der Waals surface area contributed by atoms with E-state index in [9.17, 15) is 13.2 Å². The Morgan fingerprint density at radius 1 is 1.22 bits per heavy atom. The second-order valence-electron chi connectivity index (χ2n) is 5.85. The first-order valence-electron chi connectivity index (χ1n) is 7.92. The molecule has 10 heteroatoms. The van der Waals surface area contributed by atoms with E-state index in [-0.39, 0.29) is 18.2 Å². The van der Waals surface area contributed by atoms with Crippen LogP contribution >= 0.6 is 22.9 Å². The van der Waals surface area contributed by atoms with Crippen molar-refractivity contribution >= 4 is 49.8 Å². The lowest BCUT2D eigenvalue weighted by Crippen LogP contribution is -2.37. The molecule has 2 aliphatic rings. The lowest BCUT2D eigenvalue weighted by atomic mass is 10.2. The average molecular weight is 421 g/mol. The van der Waals surface area contributed by atoms with Crippen molar-refractivity contribution in [2.24, 2.45) is 4.40 Å².